The van der Waals surface area contributed by atoms with Gasteiger partial charge < -0.3 is 14.0 Å². The van der Waals surface area contributed by atoms with Crippen molar-refractivity contribution >= 4 is 56.6 Å². The lowest BCUT2D eigenvalue weighted by Gasteiger charge is -2.05. The molecule has 0 saturated heterocycles. The molecule has 0 spiro atoms. The topological polar surface area (TPSA) is 69.9 Å². The van der Waals surface area contributed by atoms with Crippen molar-refractivity contribution in [1.29, 1.82) is 0 Å². The maximum absolute atomic E-state index is 12.2. The predicted octanol–water partition coefficient (Wildman–Crippen LogP) is 3.84. The van der Waals surface area contributed by atoms with Gasteiger partial charge in [-0.05, 0) is 36.4 Å². The van der Waals surface area contributed by atoms with Crippen LogP contribution >= 0.6 is 34.5 Å². The van der Waals surface area contributed by atoms with E-state index in [1.165, 1.54) is 24.5 Å². The molecule has 6 nitrogen and oxygen atoms in total. The third kappa shape index (κ3) is 4.32. The number of fused-ring (bicyclic) bond motifs is 1. The molecule has 9 heteroatoms. The van der Waals surface area contributed by atoms with Crippen molar-refractivity contribution in [3.05, 3.63) is 56.8 Å². The largest absolute Gasteiger partial charge is 0.482 e. The number of aryl methyl sites for hydroxylation is 1. The number of aromatic nitrogens is 1. The summed E-state index contributed by atoms with van der Waals surface area (Å²) in [4.78, 5) is 28.4. The highest BCUT2D eigenvalue weighted by Crippen LogP contribution is 2.27. The van der Waals surface area contributed by atoms with Gasteiger partial charge in [0, 0.05) is 12.1 Å². The van der Waals surface area contributed by atoms with E-state index < -0.39 is 11.9 Å². The minimum absolute atomic E-state index is 0.261. The lowest BCUT2D eigenvalue weighted by molar-refractivity contribution is -0.120. The number of benzene rings is 2. The summed E-state index contributed by atoms with van der Waals surface area (Å²) in [5.74, 6) is -0.528. The average Bonchev–Trinajstić information content (AvgIpc) is 2.95. The van der Waals surface area contributed by atoms with Crippen LogP contribution in [0.2, 0.25) is 10.0 Å². The first-order chi connectivity index (χ1) is 12.9. The van der Waals surface area contributed by atoms with Gasteiger partial charge in [0.25, 0.3) is 5.91 Å². The second-order valence-corrected chi connectivity index (χ2v) is 7.34. The van der Waals surface area contributed by atoms with Gasteiger partial charge in [0.05, 0.1) is 27.9 Å². The third-order valence-corrected chi connectivity index (χ3v) is 5.32. The van der Waals surface area contributed by atoms with Crippen LogP contribution in [0.4, 0.5) is 0 Å². The van der Waals surface area contributed by atoms with Gasteiger partial charge in [0.2, 0.25) is 0 Å². The molecule has 0 N–H and O–H groups in total. The molecule has 0 aliphatic carbocycles. The molecule has 0 atom stereocenters. The molecule has 1 amide bonds. The second kappa shape index (κ2) is 8.12. The number of thiazole rings is 1. The van der Waals surface area contributed by atoms with E-state index in [-0.39, 0.29) is 6.61 Å². The molecule has 0 saturated carbocycles. The molecular weight excluding hydrogens is 411 g/mol. The summed E-state index contributed by atoms with van der Waals surface area (Å²) >= 11 is 13.1. The lowest BCUT2D eigenvalue weighted by Crippen LogP contribution is -2.17. The minimum atomic E-state index is -0.462. The fraction of sp³-hybridized carbons (Fsp3) is 0.167. The van der Waals surface area contributed by atoms with Crippen molar-refractivity contribution in [3.63, 3.8) is 0 Å². The number of methoxy groups -OCH3 is 1. The number of halogens is 2. The summed E-state index contributed by atoms with van der Waals surface area (Å²) in [5, 5.41) is 0.796. The number of hydrogen-bond acceptors (Lipinski definition) is 5. The van der Waals surface area contributed by atoms with E-state index >= 15 is 0 Å². The number of ether oxygens (including phenoxy) is 2. The second-order valence-electron chi connectivity index (χ2n) is 5.49. The molecule has 27 heavy (non-hydrogen) atoms. The third-order valence-electron chi connectivity index (χ3n) is 3.70. The summed E-state index contributed by atoms with van der Waals surface area (Å²) in [7, 11) is 3.12. The van der Waals surface area contributed by atoms with Crippen molar-refractivity contribution in [2.75, 3.05) is 13.7 Å². The van der Waals surface area contributed by atoms with E-state index in [0.717, 1.165) is 10.2 Å². The van der Waals surface area contributed by atoms with E-state index in [4.69, 9.17) is 32.7 Å². The molecule has 3 aromatic rings. The zero-order chi connectivity index (χ0) is 19.6. The van der Waals surface area contributed by atoms with E-state index in [9.17, 15) is 9.59 Å². The van der Waals surface area contributed by atoms with Crippen LogP contribution in [0, 0.1) is 0 Å². The Bertz CT molecular complexity index is 1100. The first-order valence-electron chi connectivity index (χ1n) is 7.72. The summed E-state index contributed by atoms with van der Waals surface area (Å²) in [6.45, 7) is -0.261. The van der Waals surface area contributed by atoms with Gasteiger partial charge in [-0.25, -0.2) is 4.79 Å². The summed E-state index contributed by atoms with van der Waals surface area (Å²) in [5.41, 5.74) is 1.28. The minimum Gasteiger partial charge on any atom is -0.482 e. The molecule has 0 fully saturated rings. The number of carbonyl (C=O) groups is 2. The smallest absolute Gasteiger partial charge is 0.337 e. The van der Waals surface area contributed by atoms with Crippen LogP contribution in [0.5, 0.6) is 5.75 Å². The summed E-state index contributed by atoms with van der Waals surface area (Å²) < 4.78 is 12.7. The van der Waals surface area contributed by atoms with Gasteiger partial charge in [0.1, 0.15) is 5.75 Å². The first-order valence-corrected chi connectivity index (χ1v) is 9.29. The number of rotatable bonds is 4. The molecule has 0 unspecified atom stereocenters. The fourth-order valence-corrected chi connectivity index (χ4v) is 3.89. The van der Waals surface area contributed by atoms with Crippen LogP contribution < -0.4 is 9.54 Å². The van der Waals surface area contributed by atoms with E-state index in [0.29, 0.717) is 26.2 Å². The van der Waals surface area contributed by atoms with Gasteiger partial charge >= 0.3 is 5.97 Å². The molecule has 1 heterocycles. The van der Waals surface area contributed by atoms with Crippen LogP contribution in [0.25, 0.3) is 10.2 Å². The van der Waals surface area contributed by atoms with E-state index in [2.05, 4.69) is 4.99 Å². The highest BCUT2D eigenvalue weighted by molar-refractivity contribution is 7.16. The van der Waals surface area contributed by atoms with Gasteiger partial charge in [0.15, 0.2) is 11.4 Å². The standard InChI is InChI=1S/C18H14Cl2N2O4S/c1-22-13-5-3-10(17(24)25-2)7-15(13)27-18(22)21-16(23)9-26-14-6-4-11(19)8-12(14)20/h3-8H,9H2,1-2H3. The predicted molar refractivity (Wildman–Crippen MR) is 105 cm³/mol. The van der Waals surface area contributed by atoms with Crippen molar-refractivity contribution in [1.82, 2.24) is 4.57 Å². The molecule has 0 radical (unpaired) electrons. The number of esters is 1. The molecule has 3 rings (SSSR count). The Morgan fingerprint density at radius 1 is 1.19 bits per heavy atom. The van der Waals surface area contributed by atoms with E-state index in [1.54, 1.807) is 41.9 Å². The summed E-state index contributed by atoms with van der Waals surface area (Å²) in [6.07, 6.45) is 0. The molecule has 0 aliphatic heterocycles. The quantitative estimate of drug-likeness (QED) is 0.596. The van der Waals surface area contributed by atoms with Crippen LogP contribution in [-0.2, 0) is 16.6 Å². The maximum Gasteiger partial charge on any atom is 0.337 e. The van der Waals surface area contributed by atoms with Crippen molar-refractivity contribution < 1.29 is 19.1 Å². The van der Waals surface area contributed by atoms with Crippen molar-refractivity contribution in [2.24, 2.45) is 12.0 Å². The average molecular weight is 425 g/mol. The van der Waals surface area contributed by atoms with Gasteiger partial charge in [-0.3, -0.25) is 4.79 Å². The monoisotopic (exact) mass is 424 g/mol. The molecule has 0 bridgehead atoms. The Hall–Kier alpha value is -2.35. The lowest BCUT2D eigenvalue weighted by atomic mass is 10.2. The molecular formula is C18H14Cl2N2O4S. The maximum atomic E-state index is 12.2. The number of amides is 1. The summed E-state index contributed by atoms with van der Waals surface area (Å²) in [6, 6.07) is 9.90. The van der Waals surface area contributed by atoms with Crippen molar-refractivity contribution in [2.45, 2.75) is 0 Å². The SMILES string of the molecule is COC(=O)c1ccc2c(c1)sc(=NC(=O)COc1ccc(Cl)cc1Cl)n2C. The van der Waals surface area contributed by atoms with E-state index in [1.807, 2.05) is 0 Å². The zero-order valence-corrected chi connectivity index (χ0v) is 16.7. The van der Waals surface area contributed by atoms with Crippen LogP contribution in [-0.4, -0.2) is 30.2 Å². The Labute approximate surface area is 168 Å². The number of hydrogen-bond donors (Lipinski definition) is 0. The Morgan fingerprint density at radius 2 is 1.96 bits per heavy atom. The van der Waals surface area contributed by atoms with Crippen LogP contribution in [0.1, 0.15) is 10.4 Å². The van der Waals surface area contributed by atoms with Crippen molar-refractivity contribution in [3.8, 4) is 5.75 Å². The Morgan fingerprint density at radius 3 is 2.67 bits per heavy atom. The van der Waals surface area contributed by atoms with Gasteiger partial charge in [-0.1, -0.05) is 34.5 Å². The van der Waals surface area contributed by atoms with Crippen LogP contribution in [0.15, 0.2) is 41.4 Å². The fourth-order valence-electron chi connectivity index (χ4n) is 2.36. The number of carbonyl (C=O) groups excluding carboxylic acids is 2. The molecule has 2 aromatic carbocycles. The highest BCUT2D eigenvalue weighted by atomic mass is 35.5. The zero-order valence-electron chi connectivity index (χ0n) is 14.4. The van der Waals surface area contributed by atoms with Gasteiger partial charge in [-0.15, -0.1) is 0 Å². The van der Waals surface area contributed by atoms with Crippen LogP contribution in [0.3, 0.4) is 0 Å². The van der Waals surface area contributed by atoms with Gasteiger partial charge in [-0.2, -0.15) is 4.99 Å². The number of nitrogens with zero attached hydrogens (tertiary/aromatic N) is 2. The Balaban J connectivity index is 1.83. The normalized spacial score (nSPS) is 11.6. The molecule has 0 aliphatic rings. The Kier molecular flexibility index (Phi) is 5.84. The molecule has 140 valence electrons. The first kappa shape index (κ1) is 19.4. The molecule has 1 aromatic heterocycles. The highest BCUT2D eigenvalue weighted by Gasteiger charge is 2.11.